The maximum Gasteiger partial charge on any atom is 0.352 e. The number of anilines is 1. The molecule has 3 rings (SSSR count). The van der Waals surface area contributed by atoms with Crippen LogP contribution >= 0.6 is 0 Å². The van der Waals surface area contributed by atoms with Gasteiger partial charge in [-0.15, -0.1) is 0 Å². The lowest BCUT2D eigenvalue weighted by atomic mass is 10.2. The Hall–Kier alpha value is -3.48. The lowest BCUT2D eigenvalue weighted by Gasteiger charge is -2.11. The van der Waals surface area contributed by atoms with E-state index >= 15 is 0 Å². The normalized spacial score (nSPS) is 10.5. The molecule has 0 saturated carbocycles. The van der Waals surface area contributed by atoms with Gasteiger partial charge in [-0.25, -0.2) is 4.79 Å². The third kappa shape index (κ3) is 3.32. The van der Waals surface area contributed by atoms with E-state index in [2.05, 4.69) is 10.4 Å². The van der Waals surface area contributed by atoms with Crippen LogP contribution in [-0.4, -0.2) is 20.3 Å². The van der Waals surface area contributed by atoms with Gasteiger partial charge >= 0.3 is 5.69 Å². The number of nitrogens with one attached hydrogen (secondary N) is 1. The summed E-state index contributed by atoms with van der Waals surface area (Å²) >= 11 is 0. The van der Waals surface area contributed by atoms with Gasteiger partial charge in [-0.2, -0.15) is 9.78 Å². The van der Waals surface area contributed by atoms with Crippen LogP contribution in [0.3, 0.4) is 0 Å². The highest BCUT2D eigenvalue weighted by atomic mass is 16.2. The van der Waals surface area contributed by atoms with Crippen molar-refractivity contribution < 1.29 is 4.79 Å². The van der Waals surface area contributed by atoms with E-state index in [1.807, 2.05) is 19.1 Å². The predicted octanol–water partition coefficient (Wildman–Crippen LogP) is 1.97. The first-order valence-electron chi connectivity index (χ1n) is 8.19. The molecule has 0 bridgehead atoms. The van der Waals surface area contributed by atoms with Gasteiger partial charge < -0.3 is 5.32 Å². The Kier molecular flexibility index (Phi) is 4.79. The largest absolute Gasteiger partial charge is 0.352 e. The third-order valence-electron chi connectivity index (χ3n) is 3.87. The van der Waals surface area contributed by atoms with Crippen molar-refractivity contribution in [3.8, 4) is 5.69 Å². The van der Waals surface area contributed by atoms with Gasteiger partial charge in [-0.05, 0) is 43.7 Å². The van der Waals surface area contributed by atoms with E-state index in [0.717, 1.165) is 14.8 Å². The predicted molar refractivity (Wildman–Crippen MR) is 98.9 cm³/mol. The van der Waals surface area contributed by atoms with Crippen molar-refractivity contribution in [2.45, 2.75) is 20.4 Å². The highest BCUT2D eigenvalue weighted by Crippen LogP contribution is 2.08. The minimum atomic E-state index is -0.713. The van der Waals surface area contributed by atoms with Crippen LogP contribution < -0.4 is 16.6 Å². The molecule has 132 valence electrons. The van der Waals surface area contributed by atoms with E-state index in [9.17, 15) is 14.4 Å². The Bertz CT molecular complexity index is 1070. The Morgan fingerprint density at radius 2 is 1.81 bits per heavy atom. The Labute approximate surface area is 149 Å². The van der Waals surface area contributed by atoms with Gasteiger partial charge in [0.15, 0.2) is 0 Å². The van der Waals surface area contributed by atoms with Crippen LogP contribution in [0.2, 0.25) is 0 Å². The Morgan fingerprint density at radius 3 is 2.46 bits per heavy atom. The van der Waals surface area contributed by atoms with E-state index in [1.165, 1.54) is 0 Å². The average Bonchev–Trinajstić information content (AvgIpc) is 2.63. The molecule has 26 heavy (non-hydrogen) atoms. The van der Waals surface area contributed by atoms with E-state index in [0.29, 0.717) is 11.4 Å². The van der Waals surface area contributed by atoms with Crippen molar-refractivity contribution in [2.24, 2.45) is 0 Å². The Morgan fingerprint density at radius 1 is 1.08 bits per heavy atom. The van der Waals surface area contributed by atoms with Gasteiger partial charge in [0.25, 0.3) is 11.5 Å². The molecule has 0 unspecified atom stereocenters. The van der Waals surface area contributed by atoms with Crippen molar-refractivity contribution in [1.29, 1.82) is 0 Å². The van der Waals surface area contributed by atoms with Crippen molar-refractivity contribution in [3.05, 3.63) is 86.7 Å². The number of para-hydroxylation sites is 1. The maximum atomic E-state index is 12.6. The summed E-state index contributed by atoms with van der Waals surface area (Å²) in [5, 5.41) is 6.68. The molecule has 0 saturated heterocycles. The number of hydrogen-bond donors (Lipinski definition) is 1. The molecule has 0 fully saturated rings. The number of hydrogen-bond acceptors (Lipinski definition) is 4. The van der Waals surface area contributed by atoms with Gasteiger partial charge in [0.1, 0.15) is 0 Å². The number of carbonyl (C=O) groups excluding carboxylic acids is 1. The third-order valence-corrected chi connectivity index (χ3v) is 3.87. The summed E-state index contributed by atoms with van der Waals surface area (Å²) < 4.78 is 2.08. The molecule has 0 aliphatic carbocycles. The van der Waals surface area contributed by atoms with Gasteiger partial charge in [0, 0.05) is 12.2 Å². The smallest absolute Gasteiger partial charge is 0.320 e. The van der Waals surface area contributed by atoms with Gasteiger partial charge in [-0.1, -0.05) is 30.3 Å². The fraction of sp³-hybridized carbons (Fsp3) is 0.158. The summed E-state index contributed by atoms with van der Waals surface area (Å²) in [5.74, 6) is -0.662. The first-order chi connectivity index (χ1) is 12.5. The standard InChI is InChI=1S/C19H18N4O3/c1-3-22-18(25)16(17(24)20-14-9-5-4-6-10-14)21-23(19(22)26)15-11-7-8-13(2)12-15/h4-12H,3H2,1-2H3,(H,20,24). The van der Waals surface area contributed by atoms with Crippen molar-refractivity contribution in [1.82, 2.24) is 14.3 Å². The molecule has 0 aliphatic rings. The van der Waals surface area contributed by atoms with Crippen molar-refractivity contribution in [3.63, 3.8) is 0 Å². The van der Waals surface area contributed by atoms with Crippen LogP contribution in [0.4, 0.5) is 5.69 Å². The second-order valence-electron chi connectivity index (χ2n) is 5.75. The highest BCUT2D eigenvalue weighted by Gasteiger charge is 2.19. The number of nitrogens with zero attached hydrogens (tertiary/aromatic N) is 3. The minimum absolute atomic E-state index is 0.137. The molecule has 0 atom stereocenters. The van der Waals surface area contributed by atoms with Crippen LogP contribution in [0.25, 0.3) is 5.69 Å². The SMILES string of the molecule is CCn1c(=O)c(C(=O)Nc2ccccc2)nn(-c2cccc(C)c2)c1=O. The molecule has 1 heterocycles. The molecule has 7 nitrogen and oxygen atoms in total. The van der Waals surface area contributed by atoms with Crippen molar-refractivity contribution in [2.75, 3.05) is 5.32 Å². The summed E-state index contributed by atoms with van der Waals surface area (Å²) in [7, 11) is 0. The zero-order chi connectivity index (χ0) is 18.7. The first kappa shape index (κ1) is 17.3. The highest BCUT2D eigenvalue weighted by molar-refractivity contribution is 6.02. The number of carbonyl (C=O) groups is 1. The maximum absolute atomic E-state index is 12.6. The topological polar surface area (TPSA) is 86.0 Å². The van der Waals surface area contributed by atoms with Crippen LogP contribution in [-0.2, 0) is 6.54 Å². The molecule has 0 radical (unpaired) electrons. The average molecular weight is 350 g/mol. The monoisotopic (exact) mass is 350 g/mol. The first-order valence-corrected chi connectivity index (χ1v) is 8.19. The summed E-state index contributed by atoms with van der Waals surface area (Å²) in [6.45, 7) is 3.69. The lowest BCUT2D eigenvalue weighted by Crippen LogP contribution is -2.44. The van der Waals surface area contributed by atoms with Gasteiger partial charge in [0.05, 0.1) is 5.69 Å². The number of aromatic nitrogens is 3. The lowest BCUT2D eigenvalue weighted by molar-refractivity contribution is 0.101. The minimum Gasteiger partial charge on any atom is -0.320 e. The fourth-order valence-electron chi connectivity index (χ4n) is 2.58. The van der Waals surface area contributed by atoms with Gasteiger partial charge in [-0.3, -0.25) is 14.2 Å². The molecule has 1 aromatic heterocycles. The van der Waals surface area contributed by atoms with Crippen LogP contribution in [0.15, 0.2) is 64.2 Å². The molecule has 3 aromatic rings. The van der Waals surface area contributed by atoms with Gasteiger partial charge in [0.2, 0.25) is 5.69 Å². The molecule has 2 aromatic carbocycles. The second kappa shape index (κ2) is 7.18. The van der Waals surface area contributed by atoms with E-state index in [-0.39, 0.29) is 12.2 Å². The number of benzene rings is 2. The summed E-state index contributed by atoms with van der Waals surface area (Å²) in [4.78, 5) is 37.7. The summed E-state index contributed by atoms with van der Waals surface area (Å²) in [5.41, 5.74) is 0.327. The number of amides is 1. The zero-order valence-electron chi connectivity index (χ0n) is 14.5. The molecule has 1 amide bonds. The molecule has 1 N–H and O–H groups in total. The van der Waals surface area contributed by atoms with E-state index in [1.54, 1.807) is 49.4 Å². The molecule has 0 aliphatic heterocycles. The van der Waals surface area contributed by atoms with Crippen LogP contribution in [0, 0.1) is 6.92 Å². The molecular weight excluding hydrogens is 332 g/mol. The molecule has 7 heteroatoms. The quantitative estimate of drug-likeness (QED) is 0.779. The van der Waals surface area contributed by atoms with E-state index in [4.69, 9.17) is 0 Å². The van der Waals surface area contributed by atoms with Crippen LogP contribution in [0.5, 0.6) is 0 Å². The summed E-state index contributed by atoms with van der Waals surface area (Å²) in [6.07, 6.45) is 0. The Balaban J connectivity index is 2.14. The fourth-order valence-corrected chi connectivity index (χ4v) is 2.58. The number of aryl methyl sites for hydroxylation is 1. The number of rotatable bonds is 4. The van der Waals surface area contributed by atoms with E-state index < -0.39 is 17.2 Å². The van der Waals surface area contributed by atoms with Crippen LogP contribution in [0.1, 0.15) is 23.0 Å². The van der Waals surface area contributed by atoms with Crippen molar-refractivity contribution >= 4 is 11.6 Å². The molecular formula is C19H18N4O3. The summed E-state index contributed by atoms with van der Waals surface area (Å²) in [6, 6.07) is 15.9. The second-order valence-corrected chi connectivity index (χ2v) is 5.75. The zero-order valence-corrected chi connectivity index (χ0v) is 14.5. The molecule has 0 spiro atoms.